The SMILES string of the molecule is CC1CC(O)CCC1NC(=O)Nc1ccccc1. The van der Waals surface area contributed by atoms with Gasteiger partial charge in [0.15, 0.2) is 0 Å². The molecule has 3 N–H and O–H groups in total. The van der Waals surface area contributed by atoms with Crippen molar-refractivity contribution in [3.05, 3.63) is 30.3 Å². The molecule has 1 aliphatic carbocycles. The molecule has 0 radical (unpaired) electrons. The number of rotatable bonds is 2. The minimum Gasteiger partial charge on any atom is -0.393 e. The van der Waals surface area contributed by atoms with E-state index in [2.05, 4.69) is 17.6 Å². The number of para-hydroxylation sites is 1. The average Bonchev–Trinajstić information content (AvgIpc) is 2.34. The molecule has 2 amide bonds. The minimum absolute atomic E-state index is 0.150. The topological polar surface area (TPSA) is 61.4 Å². The number of aliphatic hydroxyl groups is 1. The van der Waals surface area contributed by atoms with Gasteiger partial charge in [-0.05, 0) is 37.3 Å². The molecule has 18 heavy (non-hydrogen) atoms. The van der Waals surface area contributed by atoms with E-state index >= 15 is 0 Å². The van der Waals surface area contributed by atoms with Crippen molar-refractivity contribution in [1.82, 2.24) is 5.32 Å². The van der Waals surface area contributed by atoms with Crippen LogP contribution in [0.1, 0.15) is 26.2 Å². The molecular weight excluding hydrogens is 228 g/mol. The first-order valence-electron chi connectivity index (χ1n) is 6.46. The third kappa shape index (κ3) is 3.47. The van der Waals surface area contributed by atoms with E-state index in [0.29, 0.717) is 5.92 Å². The van der Waals surface area contributed by atoms with Crippen LogP contribution in [-0.2, 0) is 0 Å². The number of nitrogens with one attached hydrogen (secondary N) is 2. The zero-order valence-corrected chi connectivity index (χ0v) is 10.6. The van der Waals surface area contributed by atoms with Gasteiger partial charge in [0.25, 0.3) is 0 Å². The monoisotopic (exact) mass is 248 g/mol. The van der Waals surface area contributed by atoms with Crippen molar-refractivity contribution in [2.45, 2.75) is 38.3 Å². The maximum Gasteiger partial charge on any atom is 0.319 e. The van der Waals surface area contributed by atoms with Gasteiger partial charge in [-0.25, -0.2) is 4.79 Å². The Kier molecular flexibility index (Phi) is 4.20. The zero-order chi connectivity index (χ0) is 13.0. The number of amides is 2. The van der Waals surface area contributed by atoms with Gasteiger partial charge >= 0.3 is 6.03 Å². The Morgan fingerprint density at radius 2 is 2.00 bits per heavy atom. The lowest BCUT2D eigenvalue weighted by molar-refractivity contribution is 0.0897. The van der Waals surface area contributed by atoms with Crippen LogP contribution in [0.4, 0.5) is 10.5 Å². The van der Waals surface area contributed by atoms with Gasteiger partial charge in [0.05, 0.1) is 6.10 Å². The normalized spacial score (nSPS) is 27.6. The van der Waals surface area contributed by atoms with Gasteiger partial charge in [0.2, 0.25) is 0 Å². The summed E-state index contributed by atoms with van der Waals surface area (Å²) < 4.78 is 0. The summed E-state index contributed by atoms with van der Waals surface area (Å²) in [5.41, 5.74) is 0.790. The van der Waals surface area contributed by atoms with E-state index in [9.17, 15) is 9.90 Å². The fourth-order valence-electron chi connectivity index (χ4n) is 2.44. The maximum absolute atomic E-state index is 11.8. The Morgan fingerprint density at radius 1 is 1.28 bits per heavy atom. The molecule has 0 bridgehead atoms. The third-order valence-corrected chi connectivity index (χ3v) is 3.49. The molecular formula is C14H20N2O2. The Balaban J connectivity index is 1.84. The number of carbonyl (C=O) groups is 1. The second kappa shape index (κ2) is 5.87. The van der Waals surface area contributed by atoms with E-state index < -0.39 is 0 Å². The highest BCUT2D eigenvalue weighted by Gasteiger charge is 2.27. The molecule has 1 saturated carbocycles. The standard InChI is InChI=1S/C14H20N2O2/c1-10-9-12(17)7-8-13(10)16-14(18)15-11-5-3-2-4-6-11/h2-6,10,12-13,17H,7-9H2,1H3,(H2,15,16,18). The molecule has 0 aromatic heterocycles. The van der Waals surface area contributed by atoms with E-state index in [1.165, 1.54) is 0 Å². The summed E-state index contributed by atoms with van der Waals surface area (Å²) in [5, 5.41) is 15.3. The second-order valence-electron chi connectivity index (χ2n) is 5.02. The van der Waals surface area contributed by atoms with Gasteiger partial charge < -0.3 is 15.7 Å². The first kappa shape index (κ1) is 12.9. The summed E-state index contributed by atoms with van der Waals surface area (Å²) in [5.74, 6) is 0.315. The Morgan fingerprint density at radius 3 is 2.67 bits per heavy atom. The number of benzene rings is 1. The van der Waals surface area contributed by atoms with E-state index in [1.54, 1.807) is 0 Å². The molecule has 3 unspecified atom stereocenters. The van der Waals surface area contributed by atoms with Gasteiger partial charge in [-0.2, -0.15) is 0 Å². The molecule has 98 valence electrons. The average molecular weight is 248 g/mol. The van der Waals surface area contributed by atoms with E-state index in [1.807, 2.05) is 30.3 Å². The first-order chi connectivity index (χ1) is 8.65. The van der Waals surface area contributed by atoms with E-state index in [0.717, 1.165) is 24.9 Å². The van der Waals surface area contributed by atoms with Crippen molar-refractivity contribution < 1.29 is 9.90 Å². The Hall–Kier alpha value is -1.55. The summed E-state index contributed by atoms with van der Waals surface area (Å²) in [6, 6.07) is 9.37. The van der Waals surface area contributed by atoms with Crippen LogP contribution < -0.4 is 10.6 Å². The highest BCUT2D eigenvalue weighted by molar-refractivity contribution is 5.89. The lowest BCUT2D eigenvalue weighted by Gasteiger charge is -2.32. The highest BCUT2D eigenvalue weighted by atomic mass is 16.3. The molecule has 1 aliphatic rings. The van der Waals surface area contributed by atoms with Crippen molar-refractivity contribution in [1.29, 1.82) is 0 Å². The second-order valence-corrected chi connectivity index (χ2v) is 5.02. The molecule has 1 aromatic rings. The highest BCUT2D eigenvalue weighted by Crippen LogP contribution is 2.24. The molecule has 1 aromatic carbocycles. The van der Waals surface area contributed by atoms with Crippen molar-refractivity contribution in [2.24, 2.45) is 5.92 Å². The van der Waals surface area contributed by atoms with Crippen LogP contribution in [0, 0.1) is 5.92 Å². The van der Waals surface area contributed by atoms with Gasteiger partial charge in [0.1, 0.15) is 0 Å². The van der Waals surface area contributed by atoms with E-state index in [4.69, 9.17) is 0 Å². The van der Waals surface area contributed by atoms with Crippen molar-refractivity contribution in [2.75, 3.05) is 5.32 Å². The van der Waals surface area contributed by atoms with Crippen LogP contribution in [0.25, 0.3) is 0 Å². The largest absolute Gasteiger partial charge is 0.393 e. The molecule has 4 heteroatoms. The molecule has 4 nitrogen and oxygen atoms in total. The minimum atomic E-state index is -0.213. The quantitative estimate of drug-likeness (QED) is 0.752. The fraction of sp³-hybridized carbons (Fsp3) is 0.500. The van der Waals surface area contributed by atoms with Crippen LogP contribution in [0.15, 0.2) is 30.3 Å². The summed E-state index contributed by atoms with van der Waals surface area (Å²) >= 11 is 0. The van der Waals surface area contributed by atoms with Crippen LogP contribution in [-0.4, -0.2) is 23.3 Å². The van der Waals surface area contributed by atoms with Crippen LogP contribution in [0.5, 0.6) is 0 Å². The Labute approximate surface area is 107 Å². The third-order valence-electron chi connectivity index (χ3n) is 3.49. The van der Waals surface area contributed by atoms with Gasteiger partial charge in [-0.15, -0.1) is 0 Å². The predicted octanol–water partition coefficient (Wildman–Crippen LogP) is 2.36. The molecule has 1 fully saturated rings. The van der Waals surface area contributed by atoms with Crippen LogP contribution in [0.3, 0.4) is 0 Å². The molecule has 0 heterocycles. The Bertz CT molecular complexity index is 394. The van der Waals surface area contributed by atoms with E-state index in [-0.39, 0.29) is 18.2 Å². The van der Waals surface area contributed by atoms with Crippen molar-refractivity contribution in [3.8, 4) is 0 Å². The summed E-state index contributed by atoms with van der Waals surface area (Å²) in [6.45, 7) is 2.07. The lowest BCUT2D eigenvalue weighted by Crippen LogP contribution is -2.45. The fourth-order valence-corrected chi connectivity index (χ4v) is 2.44. The van der Waals surface area contributed by atoms with Gasteiger partial charge in [0, 0.05) is 11.7 Å². The molecule has 0 spiro atoms. The lowest BCUT2D eigenvalue weighted by atomic mass is 9.84. The molecule has 0 saturated heterocycles. The smallest absolute Gasteiger partial charge is 0.319 e. The number of hydrogen-bond acceptors (Lipinski definition) is 2. The molecule has 0 aliphatic heterocycles. The molecule has 3 atom stereocenters. The summed E-state index contributed by atoms with van der Waals surface area (Å²) in [6.07, 6.45) is 2.15. The van der Waals surface area contributed by atoms with Crippen molar-refractivity contribution in [3.63, 3.8) is 0 Å². The number of anilines is 1. The van der Waals surface area contributed by atoms with Gasteiger partial charge in [-0.3, -0.25) is 0 Å². The maximum atomic E-state index is 11.8. The summed E-state index contributed by atoms with van der Waals surface area (Å²) in [4.78, 5) is 11.8. The van der Waals surface area contributed by atoms with Crippen LogP contribution >= 0.6 is 0 Å². The molecule has 2 rings (SSSR count). The number of hydrogen-bond donors (Lipinski definition) is 3. The number of aliphatic hydroxyl groups excluding tert-OH is 1. The van der Waals surface area contributed by atoms with Crippen molar-refractivity contribution >= 4 is 11.7 Å². The van der Waals surface area contributed by atoms with Crippen LogP contribution in [0.2, 0.25) is 0 Å². The van der Waals surface area contributed by atoms with Gasteiger partial charge in [-0.1, -0.05) is 25.1 Å². The first-order valence-corrected chi connectivity index (χ1v) is 6.46. The predicted molar refractivity (Wildman–Crippen MR) is 71.4 cm³/mol. The number of carbonyl (C=O) groups excluding carboxylic acids is 1. The summed E-state index contributed by atoms with van der Waals surface area (Å²) in [7, 11) is 0. The number of urea groups is 1. The zero-order valence-electron chi connectivity index (χ0n) is 10.6.